The zero-order valence-electron chi connectivity index (χ0n) is 14.1. The average Bonchev–Trinajstić information content (AvgIpc) is 3.04. The van der Waals surface area contributed by atoms with Gasteiger partial charge in [-0.15, -0.1) is 0 Å². The van der Waals surface area contributed by atoms with Crippen LogP contribution in [-0.2, 0) is 27.3 Å². The summed E-state index contributed by atoms with van der Waals surface area (Å²) in [7, 11) is 1.52. The second-order valence-corrected chi connectivity index (χ2v) is 5.80. The Hall–Kier alpha value is -3.22. The van der Waals surface area contributed by atoms with E-state index in [1.165, 1.54) is 18.0 Å². The van der Waals surface area contributed by atoms with Crippen molar-refractivity contribution >= 4 is 22.8 Å². The van der Waals surface area contributed by atoms with E-state index < -0.39 is 18.5 Å². The highest BCUT2D eigenvalue weighted by molar-refractivity contribution is 5.85. The van der Waals surface area contributed by atoms with Gasteiger partial charge < -0.3 is 14.2 Å². The quantitative estimate of drug-likeness (QED) is 0.635. The molecule has 0 spiro atoms. The molecule has 3 aromatic rings. The monoisotopic (exact) mass is 356 g/mol. The van der Waals surface area contributed by atoms with Gasteiger partial charge in [-0.25, -0.2) is 4.39 Å². The molecule has 0 aliphatic carbocycles. The van der Waals surface area contributed by atoms with Crippen LogP contribution in [0.2, 0.25) is 0 Å². The first-order chi connectivity index (χ1) is 12.5. The predicted octanol–water partition coefficient (Wildman–Crippen LogP) is 2.71. The maximum absolute atomic E-state index is 13.6. The molecule has 2 aromatic carbocycles. The van der Waals surface area contributed by atoms with E-state index in [1.54, 1.807) is 36.4 Å². The average molecular weight is 356 g/mol. The third kappa shape index (κ3) is 4.05. The number of carbonyl (C=O) groups is 2. The Morgan fingerprint density at radius 3 is 2.69 bits per heavy atom. The fourth-order valence-electron chi connectivity index (χ4n) is 2.48. The molecule has 7 heteroatoms. The fraction of sp³-hybridized carbons (Fsp3) is 0.211. The number of hydrogen-bond donors (Lipinski definition) is 0. The summed E-state index contributed by atoms with van der Waals surface area (Å²) in [6, 6.07) is 13.4. The van der Waals surface area contributed by atoms with Crippen LogP contribution in [0.1, 0.15) is 11.3 Å². The van der Waals surface area contributed by atoms with Crippen molar-refractivity contribution in [3.63, 3.8) is 0 Å². The van der Waals surface area contributed by atoms with Crippen LogP contribution in [0.4, 0.5) is 4.39 Å². The molecule has 6 nitrogen and oxygen atoms in total. The smallest absolute Gasteiger partial charge is 0.312 e. The van der Waals surface area contributed by atoms with Gasteiger partial charge in [0.2, 0.25) is 0 Å². The maximum Gasteiger partial charge on any atom is 0.312 e. The SMILES string of the molecule is CN(Cc1ccccc1F)C(=O)COC(=O)Cc1noc2ccccc12. The highest BCUT2D eigenvalue weighted by Crippen LogP contribution is 2.18. The second kappa shape index (κ2) is 7.77. The first-order valence-electron chi connectivity index (χ1n) is 8.01. The summed E-state index contributed by atoms with van der Waals surface area (Å²) < 4.78 is 23.8. The Bertz CT molecular complexity index is 938. The van der Waals surface area contributed by atoms with Gasteiger partial charge in [0.1, 0.15) is 11.5 Å². The normalized spacial score (nSPS) is 10.7. The number of hydrogen-bond acceptors (Lipinski definition) is 5. The lowest BCUT2D eigenvalue weighted by atomic mass is 10.2. The van der Waals surface area contributed by atoms with Gasteiger partial charge in [-0.1, -0.05) is 35.5 Å². The molecule has 0 bridgehead atoms. The molecule has 1 aromatic heterocycles. The van der Waals surface area contributed by atoms with Crippen molar-refractivity contribution < 1.29 is 23.2 Å². The lowest BCUT2D eigenvalue weighted by Crippen LogP contribution is -2.31. The van der Waals surface area contributed by atoms with Gasteiger partial charge in [0, 0.05) is 24.5 Å². The van der Waals surface area contributed by atoms with Crippen molar-refractivity contribution in [1.29, 1.82) is 0 Å². The molecule has 0 aliphatic heterocycles. The largest absolute Gasteiger partial charge is 0.455 e. The molecule has 0 saturated carbocycles. The number of esters is 1. The van der Waals surface area contributed by atoms with Gasteiger partial charge in [0.05, 0.1) is 6.42 Å². The summed E-state index contributed by atoms with van der Waals surface area (Å²) in [5, 5.41) is 4.58. The third-order valence-electron chi connectivity index (χ3n) is 3.91. The molecule has 0 atom stereocenters. The summed E-state index contributed by atoms with van der Waals surface area (Å²) in [6.07, 6.45) is -0.0959. The number of fused-ring (bicyclic) bond motifs is 1. The van der Waals surface area contributed by atoms with Crippen LogP contribution in [-0.4, -0.2) is 35.6 Å². The van der Waals surface area contributed by atoms with Gasteiger partial charge in [0.25, 0.3) is 5.91 Å². The molecule has 0 radical (unpaired) electrons. The van der Waals surface area contributed by atoms with E-state index in [4.69, 9.17) is 9.26 Å². The molecule has 134 valence electrons. The number of rotatable bonds is 6. The van der Waals surface area contributed by atoms with Crippen molar-refractivity contribution in [2.24, 2.45) is 0 Å². The first kappa shape index (κ1) is 17.6. The van der Waals surface area contributed by atoms with Crippen molar-refractivity contribution in [2.75, 3.05) is 13.7 Å². The zero-order chi connectivity index (χ0) is 18.5. The highest BCUT2D eigenvalue weighted by atomic mass is 19.1. The van der Waals surface area contributed by atoms with Crippen LogP contribution >= 0.6 is 0 Å². The van der Waals surface area contributed by atoms with Crippen LogP contribution in [0, 0.1) is 5.82 Å². The summed E-state index contributed by atoms with van der Waals surface area (Å²) in [5.41, 5.74) is 1.43. The number of aromatic nitrogens is 1. The molecule has 26 heavy (non-hydrogen) atoms. The van der Waals surface area contributed by atoms with E-state index in [0.29, 0.717) is 16.8 Å². The number of amides is 1. The number of likely N-dealkylation sites (N-methyl/N-ethyl adjacent to an activating group) is 1. The minimum atomic E-state index is -0.586. The van der Waals surface area contributed by atoms with Gasteiger partial charge in [-0.05, 0) is 18.2 Å². The number of nitrogens with zero attached hydrogens (tertiary/aromatic N) is 2. The Labute approximate surface area is 149 Å². The Balaban J connectivity index is 1.52. The third-order valence-corrected chi connectivity index (χ3v) is 3.91. The van der Waals surface area contributed by atoms with E-state index in [9.17, 15) is 14.0 Å². The Kier molecular flexibility index (Phi) is 5.26. The van der Waals surface area contributed by atoms with E-state index in [2.05, 4.69) is 5.16 Å². The minimum Gasteiger partial charge on any atom is -0.455 e. The van der Waals surface area contributed by atoms with Crippen molar-refractivity contribution in [3.8, 4) is 0 Å². The van der Waals surface area contributed by atoms with E-state index in [1.807, 2.05) is 6.07 Å². The number of halogens is 1. The van der Waals surface area contributed by atoms with Gasteiger partial charge in [0.15, 0.2) is 12.2 Å². The van der Waals surface area contributed by atoms with Crippen LogP contribution in [0.5, 0.6) is 0 Å². The van der Waals surface area contributed by atoms with E-state index in [-0.39, 0.29) is 18.8 Å². The Morgan fingerprint density at radius 2 is 1.88 bits per heavy atom. The van der Waals surface area contributed by atoms with Crippen molar-refractivity contribution in [2.45, 2.75) is 13.0 Å². The van der Waals surface area contributed by atoms with Gasteiger partial charge in [-0.3, -0.25) is 9.59 Å². The standard InChI is InChI=1S/C19H17FN2O4/c1-22(11-13-6-2-4-8-15(13)20)18(23)12-25-19(24)10-16-14-7-3-5-9-17(14)26-21-16/h2-9H,10-12H2,1H3. The Morgan fingerprint density at radius 1 is 1.15 bits per heavy atom. The lowest BCUT2D eigenvalue weighted by molar-refractivity contribution is -0.151. The van der Waals surface area contributed by atoms with Gasteiger partial charge in [-0.2, -0.15) is 0 Å². The number of ether oxygens (including phenoxy) is 1. The lowest BCUT2D eigenvalue weighted by Gasteiger charge is -2.17. The van der Waals surface area contributed by atoms with Gasteiger partial charge >= 0.3 is 5.97 Å². The first-order valence-corrected chi connectivity index (χ1v) is 8.01. The highest BCUT2D eigenvalue weighted by Gasteiger charge is 2.16. The summed E-state index contributed by atoms with van der Waals surface area (Å²) in [5.74, 6) is -1.40. The molecular weight excluding hydrogens is 339 g/mol. The maximum atomic E-state index is 13.6. The molecule has 3 rings (SSSR count). The molecular formula is C19H17FN2O4. The van der Waals surface area contributed by atoms with Crippen LogP contribution in [0.15, 0.2) is 53.1 Å². The second-order valence-electron chi connectivity index (χ2n) is 5.80. The molecule has 0 fully saturated rings. The molecule has 0 N–H and O–H groups in total. The topological polar surface area (TPSA) is 72.6 Å². The van der Waals surface area contributed by atoms with Crippen molar-refractivity contribution in [1.82, 2.24) is 10.1 Å². The molecule has 1 heterocycles. The van der Waals surface area contributed by atoms with Crippen LogP contribution in [0.25, 0.3) is 11.0 Å². The number of carbonyl (C=O) groups excluding carboxylic acids is 2. The van der Waals surface area contributed by atoms with E-state index in [0.717, 1.165) is 5.39 Å². The minimum absolute atomic E-state index is 0.0942. The van der Waals surface area contributed by atoms with E-state index >= 15 is 0 Å². The zero-order valence-corrected chi connectivity index (χ0v) is 14.1. The summed E-state index contributed by atoms with van der Waals surface area (Å²) in [6.45, 7) is -0.323. The predicted molar refractivity (Wildman–Crippen MR) is 91.5 cm³/mol. The van der Waals surface area contributed by atoms with Crippen molar-refractivity contribution in [3.05, 3.63) is 65.6 Å². The molecule has 0 saturated heterocycles. The summed E-state index contributed by atoms with van der Waals surface area (Å²) >= 11 is 0. The molecule has 0 aliphatic rings. The fourth-order valence-corrected chi connectivity index (χ4v) is 2.48. The molecule has 0 unspecified atom stereocenters. The molecule has 1 amide bonds. The number of para-hydroxylation sites is 1. The van der Waals surface area contributed by atoms with Crippen LogP contribution < -0.4 is 0 Å². The number of benzene rings is 2. The van der Waals surface area contributed by atoms with Crippen LogP contribution in [0.3, 0.4) is 0 Å². The summed E-state index contributed by atoms with van der Waals surface area (Å²) in [4.78, 5) is 25.3.